The van der Waals surface area contributed by atoms with Gasteiger partial charge in [0.1, 0.15) is 0 Å². The molecule has 134 valence electrons. The highest BCUT2D eigenvalue weighted by atomic mass is 35.5. The lowest BCUT2D eigenvalue weighted by Gasteiger charge is -2.21. The second-order valence-electron chi connectivity index (χ2n) is 5.28. The van der Waals surface area contributed by atoms with Crippen molar-refractivity contribution < 1.29 is 22.0 Å². The summed E-state index contributed by atoms with van der Waals surface area (Å²) < 4.78 is 47.9. The Morgan fingerprint density at radius 3 is 2.32 bits per heavy atom. The van der Waals surface area contributed by atoms with Crippen molar-refractivity contribution in [3.05, 3.63) is 64.7 Å². The molecule has 2 rings (SSSR count). The highest BCUT2D eigenvalue weighted by molar-refractivity contribution is 7.91. The molecule has 0 unspecified atom stereocenters. The molecule has 0 aliphatic heterocycles. The molecule has 0 saturated carbocycles. The van der Waals surface area contributed by atoms with Crippen LogP contribution in [-0.2, 0) is 16.4 Å². The highest BCUT2D eigenvalue weighted by Crippen LogP contribution is 2.20. The lowest BCUT2D eigenvalue weighted by atomic mass is 10.1. The van der Waals surface area contributed by atoms with Gasteiger partial charge in [-0.1, -0.05) is 23.7 Å². The third-order valence-corrected chi connectivity index (χ3v) is 5.23. The van der Waals surface area contributed by atoms with E-state index in [1.165, 1.54) is 12.1 Å². The number of benzene rings is 2. The van der Waals surface area contributed by atoms with Crippen molar-refractivity contribution >= 4 is 27.3 Å². The number of sulfone groups is 1. The number of amides is 1. The molecule has 1 amide bonds. The fourth-order valence-electron chi connectivity index (χ4n) is 2.26. The van der Waals surface area contributed by atoms with Crippen LogP contribution >= 0.6 is 11.6 Å². The summed E-state index contributed by atoms with van der Waals surface area (Å²) >= 11 is 5.93. The van der Waals surface area contributed by atoms with Crippen LogP contribution in [0.25, 0.3) is 0 Å². The van der Waals surface area contributed by atoms with Crippen molar-refractivity contribution in [1.29, 1.82) is 0 Å². The molecule has 0 atom stereocenters. The average Bonchev–Trinajstić information content (AvgIpc) is 2.59. The molecule has 0 aliphatic carbocycles. The van der Waals surface area contributed by atoms with Crippen molar-refractivity contribution in [1.82, 2.24) is 4.90 Å². The zero-order chi connectivity index (χ0) is 18.6. The molecular weight excluding hydrogens is 372 g/mol. The van der Waals surface area contributed by atoms with Crippen LogP contribution in [0.4, 0.5) is 8.78 Å². The monoisotopic (exact) mass is 387 g/mol. The number of carbonyl (C=O) groups is 1. The third-order valence-electron chi connectivity index (χ3n) is 3.60. The summed E-state index contributed by atoms with van der Waals surface area (Å²) in [6.07, 6.45) is 0. The second-order valence-corrected chi connectivity index (χ2v) is 7.63. The minimum atomic E-state index is -4.67. The van der Waals surface area contributed by atoms with Crippen LogP contribution in [0, 0.1) is 0 Å². The van der Waals surface area contributed by atoms with Gasteiger partial charge >= 0.3 is 5.76 Å². The molecule has 2 aromatic rings. The average molecular weight is 388 g/mol. The van der Waals surface area contributed by atoms with Crippen LogP contribution in [-0.4, -0.2) is 31.5 Å². The Labute approximate surface area is 149 Å². The molecule has 0 N–H and O–H groups in total. The quantitative estimate of drug-likeness (QED) is 0.752. The predicted octanol–water partition coefficient (Wildman–Crippen LogP) is 4.00. The van der Waals surface area contributed by atoms with Crippen molar-refractivity contribution in [3.63, 3.8) is 0 Å². The lowest BCUT2D eigenvalue weighted by Crippen LogP contribution is -2.30. The number of halogens is 3. The maximum atomic E-state index is 12.6. The summed E-state index contributed by atoms with van der Waals surface area (Å²) in [6.45, 7) is 2.55. The molecule has 2 aromatic carbocycles. The van der Waals surface area contributed by atoms with Crippen molar-refractivity contribution in [2.24, 2.45) is 0 Å². The summed E-state index contributed by atoms with van der Waals surface area (Å²) in [5.41, 5.74) is 1.07. The minimum Gasteiger partial charge on any atom is -0.335 e. The molecule has 0 saturated heterocycles. The SMILES string of the molecule is CCN(Cc1cccc(Cl)c1)C(=O)c1ccc(S(=O)(=O)C(F)F)cc1. The molecule has 8 heteroatoms. The second kappa shape index (κ2) is 7.93. The number of nitrogens with zero attached hydrogens (tertiary/aromatic N) is 1. The maximum absolute atomic E-state index is 12.6. The van der Waals surface area contributed by atoms with E-state index in [0.717, 1.165) is 17.7 Å². The highest BCUT2D eigenvalue weighted by Gasteiger charge is 2.26. The number of alkyl halides is 2. The number of rotatable bonds is 6. The van der Waals surface area contributed by atoms with Gasteiger partial charge < -0.3 is 4.90 Å². The molecule has 0 spiro atoms. The molecule has 0 fully saturated rings. The Kier molecular flexibility index (Phi) is 6.13. The predicted molar refractivity (Wildman–Crippen MR) is 91.5 cm³/mol. The fraction of sp³-hybridized carbons (Fsp3) is 0.235. The van der Waals surface area contributed by atoms with E-state index in [-0.39, 0.29) is 11.5 Å². The molecule has 0 radical (unpaired) electrons. The molecule has 0 heterocycles. The Morgan fingerprint density at radius 2 is 1.80 bits per heavy atom. The molecule has 0 aromatic heterocycles. The van der Waals surface area contributed by atoms with E-state index in [4.69, 9.17) is 11.6 Å². The molecule has 25 heavy (non-hydrogen) atoms. The van der Waals surface area contributed by atoms with Gasteiger partial charge in [0.25, 0.3) is 5.91 Å². The van der Waals surface area contributed by atoms with Crippen LogP contribution in [0.1, 0.15) is 22.8 Å². The Balaban J connectivity index is 2.20. The van der Waals surface area contributed by atoms with Crippen molar-refractivity contribution in [2.45, 2.75) is 24.1 Å². The van der Waals surface area contributed by atoms with Crippen molar-refractivity contribution in [2.75, 3.05) is 6.54 Å². The summed E-state index contributed by atoms with van der Waals surface area (Å²) in [5, 5.41) is 0.558. The van der Waals surface area contributed by atoms with E-state index in [1.54, 1.807) is 30.0 Å². The van der Waals surface area contributed by atoms with Gasteiger partial charge in [0, 0.05) is 23.7 Å². The zero-order valence-electron chi connectivity index (χ0n) is 13.3. The smallest absolute Gasteiger partial charge is 0.335 e. The van der Waals surface area contributed by atoms with E-state index < -0.39 is 20.5 Å². The summed E-state index contributed by atoms with van der Waals surface area (Å²) in [4.78, 5) is 13.6. The fourth-order valence-corrected chi connectivity index (χ4v) is 3.19. The first-order chi connectivity index (χ1) is 11.8. The van der Waals surface area contributed by atoms with Gasteiger partial charge in [0.15, 0.2) is 0 Å². The molecular formula is C17H16ClF2NO3S. The Bertz CT molecular complexity index is 854. The van der Waals surface area contributed by atoms with Crippen LogP contribution < -0.4 is 0 Å². The van der Waals surface area contributed by atoms with Gasteiger partial charge in [-0.2, -0.15) is 8.78 Å². The van der Waals surface area contributed by atoms with Crippen molar-refractivity contribution in [3.8, 4) is 0 Å². The maximum Gasteiger partial charge on any atom is 0.341 e. The van der Waals surface area contributed by atoms with Crippen LogP contribution in [0.3, 0.4) is 0 Å². The van der Waals surface area contributed by atoms with Crippen LogP contribution in [0.5, 0.6) is 0 Å². The Hall–Kier alpha value is -1.99. The Morgan fingerprint density at radius 1 is 1.16 bits per heavy atom. The third kappa shape index (κ3) is 4.55. The first-order valence-corrected chi connectivity index (χ1v) is 9.34. The first-order valence-electron chi connectivity index (χ1n) is 7.41. The largest absolute Gasteiger partial charge is 0.341 e. The van der Waals surface area contributed by atoms with Gasteiger partial charge in [-0.3, -0.25) is 4.79 Å². The van der Waals surface area contributed by atoms with Gasteiger partial charge in [-0.15, -0.1) is 0 Å². The van der Waals surface area contributed by atoms with Gasteiger partial charge in [0.2, 0.25) is 9.84 Å². The number of hydrogen-bond acceptors (Lipinski definition) is 3. The van der Waals surface area contributed by atoms with Gasteiger partial charge in [-0.25, -0.2) is 8.42 Å². The summed E-state index contributed by atoms with van der Waals surface area (Å²) in [6, 6.07) is 11.6. The molecule has 0 aliphatic rings. The van der Waals surface area contributed by atoms with E-state index in [9.17, 15) is 22.0 Å². The summed E-state index contributed by atoms with van der Waals surface area (Å²) in [5.74, 6) is -3.83. The standard InChI is InChI=1S/C17H16ClF2NO3S/c1-2-21(11-12-4-3-5-14(18)10-12)16(22)13-6-8-15(9-7-13)25(23,24)17(19)20/h3-10,17H,2,11H2,1H3. The molecule has 0 bridgehead atoms. The van der Waals surface area contributed by atoms with Crippen LogP contribution in [0.15, 0.2) is 53.4 Å². The van der Waals surface area contributed by atoms with Crippen LogP contribution in [0.2, 0.25) is 5.02 Å². The summed E-state index contributed by atoms with van der Waals surface area (Å²) in [7, 11) is -4.67. The van der Waals surface area contributed by atoms with Gasteiger partial charge in [-0.05, 0) is 48.9 Å². The van der Waals surface area contributed by atoms with E-state index in [0.29, 0.717) is 18.1 Å². The number of hydrogen-bond donors (Lipinski definition) is 0. The number of carbonyl (C=O) groups excluding carboxylic acids is 1. The first kappa shape index (κ1) is 19.3. The lowest BCUT2D eigenvalue weighted by molar-refractivity contribution is 0.0752. The van der Waals surface area contributed by atoms with E-state index in [2.05, 4.69) is 0 Å². The molecule has 4 nitrogen and oxygen atoms in total. The zero-order valence-corrected chi connectivity index (χ0v) is 14.9. The van der Waals surface area contributed by atoms with E-state index in [1.807, 2.05) is 6.07 Å². The normalized spacial score (nSPS) is 11.6. The topological polar surface area (TPSA) is 54.5 Å². The minimum absolute atomic E-state index is 0.220. The van der Waals surface area contributed by atoms with Gasteiger partial charge in [0.05, 0.1) is 4.90 Å². The van der Waals surface area contributed by atoms with E-state index >= 15 is 0 Å².